The molecule has 1 rings (SSSR count). The van der Waals surface area contributed by atoms with Crippen molar-refractivity contribution in [2.24, 2.45) is 0 Å². The molecule has 0 fully saturated rings. The minimum absolute atomic E-state index is 0. The van der Waals surface area contributed by atoms with E-state index in [0.717, 1.165) is 19.3 Å². The Labute approximate surface area is 215 Å². The second-order valence-electron chi connectivity index (χ2n) is 6.07. The van der Waals surface area contributed by atoms with Crippen LogP contribution in [0, 0.1) is 0 Å². The zero-order valence-corrected chi connectivity index (χ0v) is 21.0. The number of rotatable bonds is 12. The number of carbonyl (C=O) groups excluding carboxylic acids is 2. The third-order valence-electron chi connectivity index (χ3n) is 4.37. The molecule has 0 saturated heterocycles. The molecule has 0 radical (unpaired) electrons. The summed E-state index contributed by atoms with van der Waals surface area (Å²) >= 11 is 0. The van der Waals surface area contributed by atoms with Gasteiger partial charge in [-0.25, -0.2) is 0 Å². The van der Waals surface area contributed by atoms with E-state index in [0.29, 0.717) is 6.42 Å². The summed E-state index contributed by atoms with van der Waals surface area (Å²) in [5.41, 5.74) is -1.83. The number of carboxylic acid groups (broad SMARTS) is 2. The first-order valence-corrected chi connectivity index (χ1v) is 8.54. The molecule has 0 heterocycles. The average Bonchev–Trinajstić information content (AvgIpc) is 2.54. The normalized spacial score (nSPS) is 10.4. The quantitative estimate of drug-likeness (QED) is 0.210. The van der Waals surface area contributed by atoms with Gasteiger partial charge in [0.05, 0.1) is 17.4 Å². The fourth-order valence-electron chi connectivity index (χ4n) is 2.91. The molecule has 0 unspecified atom stereocenters. The van der Waals surface area contributed by atoms with Crippen molar-refractivity contribution >= 4 is 11.9 Å². The van der Waals surface area contributed by atoms with Gasteiger partial charge in [-0.05, 0) is 12.0 Å². The topological polar surface area (TPSA) is 80.3 Å². The Morgan fingerprint density at radius 3 is 1.72 bits per heavy atom. The molecular formula is C19H26KNaO4. The number of aliphatic carboxylic acids is 2. The van der Waals surface area contributed by atoms with Crippen molar-refractivity contribution in [3.8, 4) is 0 Å². The SMILES string of the molecule is CCCCCCCCCCC(C(=O)[O-])(C(=O)[O-])c1ccccc1.[K+].[Na+]. The van der Waals surface area contributed by atoms with E-state index in [1.807, 2.05) is 0 Å². The number of carboxylic acids is 2. The Hall–Kier alpha value is 0.796. The number of hydrogen-bond acceptors (Lipinski definition) is 4. The number of carbonyl (C=O) groups is 2. The van der Waals surface area contributed by atoms with Gasteiger partial charge in [-0.2, -0.15) is 0 Å². The molecule has 0 aliphatic rings. The zero-order chi connectivity index (χ0) is 17.1. The molecule has 1 aromatic carbocycles. The van der Waals surface area contributed by atoms with E-state index in [4.69, 9.17) is 0 Å². The first-order valence-electron chi connectivity index (χ1n) is 8.54. The fraction of sp³-hybridized carbons (Fsp3) is 0.579. The van der Waals surface area contributed by atoms with Gasteiger partial charge in [0.2, 0.25) is 0 Å². The molecule has 1 aromatic rings. The standard InChI is InChI=1S/C19H28O4.K.Na/c1-2-3-4-5-6-7-8-12-15-19(17(20)21,18(22)23)16-13-10-9-11-14-16;;/h9-11,13-14H,2-8,12,15H2,1H3,(H,20,21)(H,22,23);;/q;2*+1/p-2. The molecule has 0 aliphatic heterocycles. The average molecular weight is 381 g/mol. The van der Waals surface area contributed by atoms with Crippen molar-refractivity contribution in [3.63, 3.8) is 0 Å². The van der Waals surface area contributed by atoms with Crippen LogP contribution in [0.25, 0.3) is 0 Å². The Bertz CT molecular complexity index is 479. The van der Waals surface area contributed by atoms with Gasteiger partial charge in [-0.15, -0.1) is 0 Å². The third-order valence-corrected chi connectivity index (χ3v) is 4.37. The van der Waals surface area contributed by atoms with Crippen LogP contribution in [-0.2, 0) is 15.0 Å². The predicted octanol–water partition coefficient (Wildman–Crippen LogP) is -4.04. The Morgan fingerprint density at radius 1 is 0.840 bits per heavy atom. The van der Waals surface area contributed by atoms with E-state index in [-0.39, 0.29) is 92.9 Å². The molecule has 4 nitrogen and oxygen atoms in total. The zero-order valence-electron chi connectivity index (χ0n) is 15.9. The van der Waals surface area contributed by atoms with Gasteiger partial charge in [-0.3, -0.25) is 0 Å². The van der Waals surface area contributed by atoms with Crippen molar-refractivity contribution < 1.29 is 101 Å². The van der Waals surface area contributed by atoms with Crippen LogP contribution in [0.15, 0.2) is 30.3 Å². The molecule has 0 aliphatic carbocycles. The number of hydrogen-bond donors (Lipinski definition) is 0. The predicted molar refractivity (Wildman–Crippen MR) is 85.4 cm³/mol. The second-order valence-corrected chi connectivity index (χ2v) is 6.07. The summed E-state index contributed by atoms with van der Waals surface area (Å²) in [4.78, 5) is 23.1. The molecule has 0 atom stereocenters. The molecule has 0 saturated carbocycles. The maximum absolute atomic E-state index is 11.6. The summed E-state index contributed by atoms with van der Waals surface area (Å²) in [5.74, 6) is -3.18. The van der Waals surface area contributed by atoms with E-state index in [1.54, 1.807) is 18.2 Å². The molecule has 0 N–H and O–H groups in total. The van der Waals surface area contributed by atoms with Crippen LogP contribution in [0.4, 0.5) is 0 Å². The Balaban J connectivity index is 0. The maximum atomic E-state index is 11.6. The summed E-state index contributed by atoms with van der Waals surface area (Å²) < 4.78 is 0. The number of unbranched alkanes of at least 4 members (excludes halogenated alkanes) is 7. The molecule has 6 heteroatoms. The molecule has 128 valence electrons. The van der Waals surface area contributed by atoms with Gasteiger partial charge in [0.1, 0.15) is 0 Å². The van der Waals surface area contributed by atoms with Crippen LogP contribution >= 0.6 is 0 Å². The van der Waals surface area contributed by atoms with E-state index in [1.165, 1.54) is 37.8 Å². The van der Waals surface area contributed by atoms with E-state index < -0.39 is 17.4 Å². The van der Waals surface area contributed by atoms with Gasteiger partial charge in [0.15, 0.2) is 0 Å². The van der Waals surface area contributed by atoms with E-state index in [2.05, 4.69) is 6.92 Å². The van der Waals surface area contributed by atoms with E-state index >= 15 is 0 Å². The summed E-state index contributed by atoms with van der Waals surface area (Å²) in [6.07, 6.45) is 8.32. The van der Waals surface area contributed by atoms with Crippen molar-refractivity contribution in [2.75, 3.05) is 0 Å². The first-order chi connectivity index (χ1) is 11.1. The van der Waals surface area contributed by atoms with E-state index in [9.17, 15) is 19.8 Å². The smallest absolute Gasteiger partial charge is 0.549 e. The summed E-state index contributed by atoms with van der Waals surface area (Å²) in [6.45, 7) is 2.17. The van der Waals surface area contributed by atoms with Crippen molar-refractivity contribution in [2.45, 2.75) is 70.1 Å². The second kappa shape index (κ2) is 15.8. The minimum Gasteiger partial charge on any atom is -0.549 e. The summed E-state index contributed by atoms with van der Waals surface area (Å²) in [5, 5.41) is 23.1. The van der Waals surface area contributed by atoms with Gasteiger partial charge in [-0.1, -0.05) is 88.6 Å². The van der Waals surface area contributed by atoms with Crippen LogP contribution in [0.5, 0.6) is 0 Å². The molecule has 0 amide bonds. The van der Waals surface area contributed by atoms with Crippen molar-refractivity contribution in [1.29, 1.82) is 0 Å². The van der Waals surface area contributed by atoms with Crippen LogP contribution in [0.1, 0.15) is 70.3 Å². The van der Waals surface area contributed by atoms with Gasteiger partial charge < -0.3 is 19.8 Å². The monoisotopic (exact) mass is 380 g/mol. The molecule has 0 aromatic heterocycles. The molecule has 0 spiro atoms. The Morgan fingerprint density at radius 2 is 1.28 bits per heavy atom. The van der Waals surface area contributed by atoms with Crippen molar-refractivity contribution in [1.82, 2.24) is 0 Å². The van der Waals surface area contributed by atoms with Crippen LogP contribution in [-0.4, -0.2) is 11.9 Å². The Kier molecular flexibility index (Phi) is 17.7. The van der Waals surface area contributed by atoms with Gasteiger partial charge >= 0.3 is 80.9 Å². The van der Waals surface area contributed by atoms with Crippen LogP contribution in [0.3, 0.4) is 0 Å². The van der Waals surface area contributed by atoms with Gasteiger partial charge in [0.25, 0.3) is 0 Å². The third kappa shape index (κ3) is 9.02. The van der Waals surface area contributed by atoms with Crippen molar-refractivity contribution in [3.05, 3.63) is 35.9 Å². The minimum atomic E-state index is -2.05. The van der Waals surface area contributed by atoms with Gasteiger partial charge in [0, 0.05) is 0 Å². The van der Waals surface area contributed by atoms with Crippen LogP contribution < -0.4 is 91.2 Å². The summed E-state index contributed by atoms with van der Waals surface area (Å²) in [7, 11) is 0. The summed E-state index contributed by atoms with van der Waals surface area (Å²) in [6, 6.07) is 8.00. The number of benzene rings is 1. The van der Waals surface area contributed by atoms with Crippen LogP contribution in [0.2, 0.25) is 0 Å². The largest absolute Gasteiger partial charge is 1.00 e. The molecule has 0 bridgehead atoms. The maximum Gasteiger partial charge on any atom is 1.00 e. The molecule has 25 heavy (non-hydrogen) atoms. The molecular weight excluding hydrogens is 354 g/mol. The fourth-order valence-corrected chi connectivity index (χ4v) is 2.91. The first kappa shape index (κ1) is 28.0.